The number of carboxylic acids is 1. The Labute approximate surface area is 229 Å². The molecule has 3 aromatic rings. The molecule has 1 saturated carbocycles. The van der Waals surface area contributed by atoms with Gasteiger partial charge in [0, 0.05) is 31.7 Å². The van der Waals surface area contributed by atoms with Gasteiger partial charge in [-0.2, -0.15) is 0 Å². The first-order chi connectivity index (χ1) is 18.8. The molecule has 1 spiro atoms. The number of piperazine rings is 1. The first-order valence-electron chi connectivity index (χ1n) is 14.3. The normalized spacial score (nSPS) is 20.5. The van der Waals surface area contributed by atoms with Crippen molar-refractivity contribution in [3.05, 3.63) is 41.6 Å². The Kier molecular flexibility index (Phi) is 7.07. The van der Waals surface area contributed by atoms with E-state index < -0.39 is 5.97 Å². The third-order valence-electron chi connectivity index (χ3n) is 8.48. The first-order valence-corrected chi connectivity index (χ1v) is 14.3. The van der Waals surface area contributed by atoms with Gasteiger partial charge in [-0.25, -0.2) is 14.5 Å². The maximum Gasteiger partial charge on any atom is 0.354 e. The van der Waals surface area contributed by atoms with Crippen molar-refractivity contribution in [2.24, 2.45) is 0 Å². The standard InChI is InChI=1S/C30H39N5O4/c1-20(2)39-28-26-24(15-25(29(36)37)31-27(26)35(32-28)23-7-5-4-6-8-23)22-11-9-21(10-12-22)16-34-14-13-33(3)17-30(34)18-38-19-30/h9-12,15,20,23H,4-8,13-14,16-19H2,1-3H3,(H,36,37). The molecule has 208 valence electrons. The maximum atomic E-state index is 12.2. The molecule has 0 amide bonds. The number of benzene rings is 1. The van der Waals surface area contributed by atoms with E-state index in [2.05, 4.69) is 46.1 Å². The number of ether oxygens (including phenoxy) is 2. The van der Waals surface area contributed by atoms with Gasteiger partial charge in [0.2, 0.25) is 5.88 Å². The highest BCUT2D eigenvalue weighted by atomic mass is 16.5. The molecular formula is C30H39N5O4. The minimum Gasteiger partial charge on any atom is -0.477 e. The Morgan fingerprint density at radius 3 is 2.54 bits per heavy atom. The topological polar surface area (TPSA) is 92.9 Å². The summed E-state index contributed by atoms with van der Waals surface area (Å²) in [6, 6.07) is 10.4. The van der Waals surface area contributed by atoms with Crippen LogP contribution in [0.4, 0.5) is 0 Å². The van der Waals surface area contributed by atoms with E-state index in [4.69, 9.17) is 14.6 Å². The van der Waals surface area contributed by atoms with Gasteiger partial charge in [0.25, 0.3) is 0 Å². The van der Waals surface area contributed by atoms with Gasteiger partial charge in [0.05, 0.1) is 36.3 Å². The lowest BCUT2D eigenvalue weighted by molar-refractivity contribution is -0.169. The zero-order valence-electron chi connectivity index (χ0n) is 23.2. The molecular weight excluding hydrogens is 494 g/mol. The molecule has 1 aromatic carbocycles. The molecule has 9 heteroatoms. The van der Waals surface area contributed by atoms with Gasteiger partial charge < -0.3 is 19.5 Å². The molecule has 0 unspecified atom stereocenters. The number of nitrogens with zero attached hydrogens (tertiary/aromatic N) is 5. The van der Waals surface area contributed by atoms with Gasteiger partial charge in [0.1, 0.15) is 0 Å². The Hall–Kier alpha value is -3.01. The molecule has 2 saturated heterocycles. The molecule has 1 N–H and O–H groups in total. The number of hydrogen-bond acceptors (Lipinski definition) is 7. The van der Waals surface area contributed by atoms with E-state index in [0.29, 0.717) is 11.5 Å². The van der Waals surface area contributed by atoms with E-state index in [9.17, 15) is 9.90 Å². The second-order valence-corrected chi connectivity index (χ2v) is 11.8. The summed E-state index contributed by atoms with van der Waals surface area (Å²) >= 11 is 0. The van der Waals surface area contributed by atoms with Crippen molar-refractivity contribution in [2.75, 3.05) is 39.9 Å². The Bertz CT molecular complexity index is 1340. The van der Waals surface area contributed by atoms with Gasteiger partial charge in [-0.1, -0.05) is 43.5 Å². The van der Waals surface area contributed by atoms with Crippen molar-refractivity contribution in [2.45, 2.75) is 70.2 Å². The number of likely N-dealkylation sites (N-methyl/N-ethyl adjacent to an activating group) is 1. The first kappa shape index (κ1) is 26.2. The van der Waals surface area contributed by atoms with Crippen LogP contribution in [0.5, 0.6) is 5.88 Å². The molecule has 2 aliphatic heterocycles. The van der Waals surface area contributed by atoms with Gasteiger partial charge in [0.15, 0.2) is 11.3 Å². The van der Waals surface area contributed by atoms with E-state index in [1.165, 1.54) is 12.0 Å². The fraction of sp³-hybridized carbons (Fsp3) is 0.567. The summed E-state index contributed by atoms with van der Waals surface area (Å²) in [5.74, 6) is -0.515. The molecule has 1 aliphatic carbocycles. The Morgan fingerprint density at radius 1 is 1.15 bits per heavy atom. The predicted octanol–water partition coefficient (Wildman–Crippen LogP) is 4.61. The highest BCUT2D eigenvalue weighted by molar-refractivity contribution is 6.01. The SMILES string of the molecule is CC(C)Oc1nn(C2CCCCC2)c2nc(C(=O)O)cc(-c3ccc(CN4CCN(C)CC45COC5)cc3)c12. The molecule has 0 radical (unpaired) electrons. The van der Waals surface area contributed by atoms with Gasteiger partial charge in [-0.15, -0.1) is 5.10 Å². The zero-order valence-corrected chi connectivity index (χ0v) is 23.2. The third kappa shape index (κ3) is 5.03. The van der Waals surface area contributed by atoms with Crippen LogP contribution in [0.15, 0.2) is 30.3 Å². The lowest BCUT2D eigenvalue weighted by Crippen LogP contribution is -2.70. The number of aromatic carboxylic acids is 1. The van der Waals surface area contributed by atoms with Gasteiger partial charge in [-0.05, 0) is 50.9 Å². The van der Waals surface area contributed by atoms with Crippen molar-refractivity contribution in [1.82, 2.24) is 24.6 Å². The highest BCUT2D eigenvalue weighted by Crippen LogP contribution is 2.39. The van der Waals surface area contributed by atoms with Gasteiger partial charge >= 0.3 is 5.97 Å². The third-order valence-corrected chi connectivity index (χ3v) is 8.48. The second kappa shape index (κ2) is 10.5. The number of carboxylic acid groups (broad SMARTS) is 1. The van der Waals surface area contributed by atoms with Crippen LogP contribution in [0.3, 0.4) is 0 Å². The molecule has 6 rings (SSSR count). The summed E-state index contributed by atoms with van der Waals surface area (Å²) in [5.41, 5.74) is 3.70. The Balaban J connectivity index is 1.38. The average Bonchev–Trinajstić information content (AvgIpc) is 3.27. The minimum atomic E-state index is -1.04. The van der Waals surface area contributed by atoms with E-state index in [1.54, 1.807) is 6.07 Å². The van der Waals surface area contributed by atoms with Crippen molar-refractivity contribution in [3.63, 3.8) is 0 Å². The van der Waals surface area contributed by atoms with E-state index in [0.717, 1.165) is 81.6 Å². The molecule has 0 bridgehead atoms. The molecule has 3 aliphatic rings. The fourth-order valence-electron chi connectivity index (χ4n) is 6.41. The second-order valence-electron chi connectivity index (χ2n) is 11.8. The van der Waals surface area contributed by atoms with Crippen molar-refractivity contribution >= 4 is 17.0 Å². The van der Waals surface area contributed by atoms with Crippen LogP contribution in [0.2, 0.25) is 0 Å². The summed E-state index contributed by atoms with van der Waals surface area (Å²) in [7, 11) is 2.18. The monoisotopic (exact) mass is 533 g/mol. The lowest BCUT2D eigenvalue weighted by atomic mass is 9.91. The van der Waals surface area contributed by atoms with Crippen LogP contribution in [0, 0.1) is 0 Å². The molecule has 2 aromatic heterocycles. The van der Waals surface area contributed by atoms with Crippen molar-refractivity contribution in [3.8, 4) is 17.0 Å². The van der Waals surface area contributed by atoms with Crippen LogP contribution in [-0.4, -0.2) is 87.2 Å². The molecule has 39 heavy (non-hydrogen) atoms. The van der Waals surface area contributed by atoms with Crippen molar-refractivity contribution in [1.29, 1.82) is 0 Å². The number of carbonyl (C=O) groups is 1. The minimum absolute atomic E-state index is 0.0268. The number of fused-ring (bicyclic) bond motifs is 1. The van der Waals surface area contributed by atoms with E-state index in [-0.39, 0.29) is 23.4 Å². The van der Waals surface area contributed by atoms with Crippen molar-refractivity contribution < 1.29 is 19.4 Å². The summed E-state index contributed by atoms with van der Waals surface area (Å²) in [6.45, 7) is 9.50. The summed E-state index contributed by atoms with van der Waals surface area (Å²) in [5, 5.41) is 15.6. The smallest absolute Gasteiger partial charge is 0.354 e. The number of rotatable bonds is 7. The largest absolute Gasteiger partial charge is 0.477 e. The summed E-state index contributed by atoms with van der Waals surface area (Å²) in [6.07, 6.45) is 5.46. The van der Waals surface area contributed by atoms with Crippen LogP contribution in [-0.2, 0) is 11.3 Å². The van der Waals surface area contributed by atoms with E-state index >= 15 is 0 Å². The zero-order chi connectivity index (χ0) is 27.1. The van der Waals surface area contributed by atoms with Crippen LogP contribution in [0.25, 0.3) is 22.2 Å². The molecule has 0 atom stereocenters. The quantitative estimate of drug-likeness (QED) is 0.471. The predicted molar refractivity (Wildman–Crippen MR) is 149 cm³/mol. The molecule has 3 fully saturated rings. The molecule has 4 heterocycles. The van der Waals surface area contributed by atoms with Gasteiger partial charge in [-0.3, -0.25) is 4.90 Å². The number of hydrogen-bond donors (Lipinski definition) is 1. The van der Waals surface area contributed by atoms with Crippen LogP contribution < -0.4 is 4.74 Å². The van der Waals surface area contributed by atoms with Crippen LogP contribution >= 0.6 is 0 Å². The number of aromatic nitrogens is 3. The van der Waals surface area contributed by atoms with Crippen LogP contribution in [0.1, 0.15) is 68.0 Å². The summed E-state index contributed by atoms with van der Waals surface area (Å²) in [4.78, 5) is 21.7. The summed E-state index contributed by atoms with van der Waals surface area (Å²) < 4.78 is 13.8. The number of pyridine rings is 1. The molecule has 9 nitrogen and oxygen atoms in total. The Morgan fingerprint density at radius 2 is 1.90 bits per heavy atom. The highest BCUT2D eigenvalue weighted by Gasteiger charge is 2.46. The van der Waals surface area contributed by atoms with E-state index in [1.807, 2.05) is 18.5 Å². The fourth-order valence-corrected chi connectivity index (χ4v) is 6.41. The maximum absolute atomic E-state index is 12.2. The lowest BCUT2D eigenvalue weighted by Gasteiger charge is -2.54. The average molecular weight is 534 g/mol.